The number of hydrogen-bond acceptors (Lipinski definition) is 9. The molecular weight excluding hydrogens is 475 g/mol. The van der Waals surface area contributed by atoms with Crippen molar-refractivity contribution in [3.8, 4) is 0 Å². The van der Waals surface area contributed by atoms with E-state index in [0.29, 0.717) is 17.8 Å². The number of anilines is 1. The number of carbonyl (C=O) groups excluding carboxylic acids is 3. The predicted molar refractivity (Wildman–Crippen MR) is 110 cm³/mol. The number of halogens is 3. The monoisotopic (exact) mass is 493 g/mol. The maximum absolute atomic E-state index is 12.8. The molecule has 2 aromatic heterocycles. The Morgan fingerprint density at radius 2 is 1.81 bits per heavy atom. The van der Waals surface area contributed by atoms with Gasteiger partial charge < -0.3 is 19.8 Å². The summed E-state index contributed by atoms with van der Waals surface area (Å²) in [5.41, 5.74) is -2.17. The van der Waals surface area contributed by atoms with Gasteiger partial charge in [0.25, 0.3) is 5.56 Å². The highest BCUT2D eigenvalue weighted by molar-refractivity contribution is 7.99. The Kier molecular flexibility index (Phi) is 8.44. The Balaban J connectivity index is 2.23. The molecule has 0 unspecified atom stereocenters. The Morgan fingerprint density at radius 3 is 2.41 bits per heavy atom. The maximum Gasteiger partial charge on any atom is 0.433 e. The quantitative estimate of drug-likeness (QED) is 0.326. The molecule has 174 valence electrons. The lowest BCUT2D eigenvalue weighted by Crippen LogP contribution is -2.19. The first-order chi connectivity index (χ1) is 15.0. The maximum atomic E-state index is 12.8. The topological polar surface area (TPSA) is 127 Å². The minimum atomic E-state index is -4.82. The fourth-order valence-electron chi connectivity index (χ4n) is 2.39. The number of hydrogen-bond donors (Lipinski definition) is 2. The minimum absolute atomic E-state index is 0.0242. The third kappa shape index (κ3) is 6.32. The number of alkyl halides is 3. The largest absolute Gasteiger partial charge is 0.462 e. The molecule has 0 bridgehead atoms. The predicted octanol–water partition coefficient (Wildman–Crippen LogP) is 3.24. The number of nitrogens with zero attached hydrogens (tertiary/aromatic N) is 1. The third-order valence-electron chi connectivity index (χ3n) is 3.69. The van der Waals surface area contributed by atoms with Gasteiger partial charge in [0.2, 0.25) is 5.91 Å². The van der Waals surface area contributed by atoms with Gasteiger partial charge in [-0.2, -0.15) is 13.2 Å². The van der Waals surface area contributed by atoms with Gasteiger partial charge in [-0.25, -0.2) is 14.6 Å². The van der Waals surface area contributed by atoms with Gasteiger partial charge >= 0.3 is 18.1 Å². The SMILES string of the molecule is CCOC(=O)c1sc(NC(=O)CSc2nc(C(F)(F)F)cc(=O)[nH]2)c(C(=O)OCC)c1C. The molecule has 2 N–H and O–H groups in total. The molecule has 0 aliphatic heterocycles. The lowest BCUT2D eigenvalue weighted by Gasteiger charge is -2.08. The van der Waals surface area contributed by atoms with E-state index in [4.69, 9.17) is 9.47 Å². The molecule has 14 heteroatoms. The molecular formula is C18H18F3N3O6S2. The van der Waals surface area contributed by atoms with Gasteiger partial charge in [-0.3, -0.25) is 9.59 Å². The van der Waals surface area contributed by atoms with Crippen molar-refractivity contribution in [2.45, 2.75) is 32.1 Å². The number of aromatic nitrogens is 2. The van der Waals surface area contributed by atoms with Crippen LogP contribution in [0.4, 0.5) is 18.2 Å². The van der Waals surface area contributed by atoms with Crippen LogP contribution in [0.5, 0.6) is 0 Å². The van der Waals surface area contributed by atoms with Crippen molar-refractivity contribution in [3.63, 3.8) is 0 Å². The molecule has 0 atom stereocenters. The summed E-state index contributed by atoms with van der Waals surface area (Å²) >= 11 is 1.37. The Morgan fingerprint density at radius 1 is 1.19 bits per heavy atom. The molecule has 2 aromatic rings. The number of H-pyrrole nitrogens is 1. The van der Waals surface area contributed by atoms with Crippen LogP contribution in [0.1, 0.15) is 45.1 Å². The average Bonchev–Trinajstić information content (AvgIpc) is 3.01. The molecule has 1 amide bonds. The summed E-state index contributed by atoms with van der Waals surface area (Å²) in [6, 6.07) is 0.307. The second kappa shape index (κ2) is 10.6. The fourth-order valence-corrected chi connectivity index (χ4v) is 4.17. The van der Waals surface area contributed by atoms with Crippen molar-refractivity contribution in [1.29, 1.82) is 0 Å². The summed E-state index contributed by atoms with van der Waals surface area (Å²) in [6.45, 7) is 4.85. The highest BCUT2D eigenvalue weighted by atomic mass is 32.2. The van der Waals surface area contributed by atoms with Crippen molar-refractivity contribution in [2.24, 2.45) is 0 Å². The van der Waals surface area contributed by atoms with Crippen LogP contribution in [-0.2, 0) is 20.4 Å². The molecule has 0 aliphatic rings. The van der Waals surface area contributed by atoms with Gasteiger partial charge in [-0.05, 0) is 26.3 Å². The van der Waals surface area contributed by atoms with Crippen LogP contribution in [0.15, 0.2) is 16.0 Å². The van der Waals surface area contributed by atoms with Crippen LogP contribution in [-0.4, -0.2) is 46.8 Å². The Bertz CT molecular complexity index is 1080. The zero-order valence-electron chi connectivity index (χ0n) is 17.0. The van der Waals surface area contributed by atoms with Crippen molar-refractivity contribution in [1.82, 2.24) is 9.97 Å². The Hall–Kier alpha value is -2.87. The van der Waals surface area contributed by atoms with E-state index >= 15 is 0 Å². The summed E-state index contributed by atoms with van der Waals surface area (Å²) in [4.78, 5) is 53.8. The normalized spacial score (nSPS) is 11.2. The summed E-state index contributed by atoms with van der Waals surface area (Å²) in [5.74, 6) is -2.58. The Labute approximate surface area is 187 Å². The van der Waals surface area contributed by atoms with Crippen LogP contribution in [0.25, 0.3) is 0 Å². The number of thioether (sulfide) groups is 1. The average molecular weight is 493 g/mol. The second-order valence-electron chi connectivity index (χ2n) is 5.97. The molecule has 32 heavy (non-hydrogen) atoms. The highest BCUT2D eigenvalue weighted by Crippen LogP contribution is 2.34. The first-order valence-electron chi connectivity index (χ1n) is 9.06. The zero-order valence-corrected chi connectivity index (χ0v) is 18.7. The van der Waals surface area contributed by atoms with Gasteiger partial charge in [-0.1, -0.05) is 11.8 Å². The summed E-state index contributed by atoms with van der Waals surface area (Å²) in [6.07, 6.45) is -4.82. The zero-order chi connectivity index (χ0) is 24.1. The van der Waals surface area contributed by atoms with Crippen molar-refractivity contribution in [3.05, 3.63) is 38.1 Å². The third-order valence-corrected chi connectivity index (χ3v) is 5.75. The van der Waals surface area contributed by atoms with Gasteiger partial charge in [0.15, 0.2) is 10.9 Å². The van der Waals surface area contributed by atoms with Crippen LogP contribution in [0.2, 0.25) is 0 Å². The number of aromatic amines is 1. The standard InChI is InChI=1S/C18H18F3N3O6S2/c1-4-29-15(27)12-8(3)13(16(28)30-5-2)32-14(12)23-11(26)7-31-17-22-9(18(19,20)21)6-10(25)24-17/h6H,4-5,7H2,1-3H3,(H,23,26)(H,22,24,25). The van der Waals surface area contributed by atoms with E-state index in [1.807, 2.05) is 0 Å². The number of carbonyl (C=O) groups is 3. The van der Waals surface area contributed by atoms with Crippen molar-refractivity contribution < 1.29 is 37.0 Å². The molecule has 9 nitrogen and oxygen atoms in total. The number of rotatable bonds is 8. The van der Waals surface area contributed by atoms with Crippen LogP contribution in [0.3, 0.4) is 0 Å². The van der Waals surface area contributed by atoms with Crippen LogP contribution < -0.4 is 10.9 Å². The highest BCUT2D eigenvalue weighted by Gasteiger charge is 2.33. The van der Waals surface area contributed by atoms with E-state index in [0.717, 1.165) is 11.3 Å². The molecule has 0 saturated heterocycles. The summed E-state index contributed by atoms with van der Waals surface area (Å²) in [7, 11) is 0. The lowest BCUT2D eigenvalue weighted by molar-refractivity contribution is -0.141. The molecule has 2 heterocycles. The van der Waals surface area contributed by atoms with E-state index in [1.165, 1.54) is 6.92 Å². The number of ether oxygens (including phenoxy) is 2. The number of amides is 1. The number of esters is 2. The molecule has 0 radical (unpaired) electrons. The van der Waals surface area contributed by atoms with Crippen molar-refractivity contribution in [2.75, 3.05) is 24.3 Å². The fraction of sp³-hybridized carbons (Fsp3) is 0.389. The van der Waals surface area contributed by atoms with Crippen LogP contribution >= 0.6 is 23.1 Å². The van der Waals surface area contributed by atoms with Crippen LogP contribution in [0, 0.1) is 6.92 Å². The van der Waals surface area contributed by atoms with Gasteiger partial charge in [0, 0.05) is 6.07 Å². The summed E-state index contributed by atoms with van der Waals surface area (Å²) in [5, 5.41) is 2.07. The molecule has 0 fully saturated rings. The first-order valence-corrected chi connectivity index (χ1v) is 10.9. The first kappa shape index (κ1) is 25.4. The summed E-state index contributed by atoms with van der Waals surface area (Å²) < 4.78 is 48.3. The smallest absolute Gasteiger partial charge is 0.433 e. The van der Waals surface area contributed by atoms with E-state index in [9.17, 15) is 32.3 Å². The molecule has 0 spiro atoms. The lowest BCUT2D eigenvalue weighted by atomic mass is 10.1. The number of nitrogens with one attached hydrogen (secondary N) is 2. The van der Waals surface area contributed by atoms with Gasteiger partial charge in [-0.15, -0.1) is 11.3 Å². The minimum Gasteiger partial charge on any atom is -0.462 e. The van der Waals surface area contributed by atoms with E-state index in [1.54, 1.807) is 13.8 Å². The van der Waals surface area contributed by atoms with E-state index in [2.05, 4.69) is 15.3 Å². The van der Waals surface area contributed by atoms with Gasteiger partial charge in [0.05, 0.1) is 24.5 Å². The molecule has 0 aliphatic carbocycles. The van der Waals surface area contributed by atoms with Crippen molar-refractivity contribution >= 4 is 45.9 Å². The van der Waals surface area contributed by atoms with E-state index < -0.39 is 46.2 Å². The molecule has 0 saturated carbocycles. The molecule has 2 rings (SSSR count). The molecule has 0 aromatic carbocycles. The van der Waals surface area contributed by atoms with E-state index in [-0.39, 0.29) is 34.2 Å². The number of thiophene rings is 1. The second-order valence-corrected chi connectivity index (χ2v) is 7.96. The van der Waals surface area contributed by atoms with Gasteiger partial charge in [0.1, 0.15) is 9.88 Å².